The van der Waals surface area contributed by atoms with Crippen LogP contribution in [0.5, 0.6) is 0 Å². The van der Waals surface area contributed by atoms with Gasteiger partial charge in [0.1, 0.15) is 24.0 Å². The first kappa shape index (κ1) is 12.8. The lowest BCUT2D eigenvalue weighted by Gasteiger charge is -2.17. The van der Waals surface area contributed by atoms with E-state index in [1.165, 1.54) is 12.5 Å². The van der Waals surface area contributed by atoms with Gasteiger partial charge >= 0.3 is 0 Å². The Morgan fingerprint density at radius 1 is 1.50 bits per heavy atom. The second-order valence-electron chi connectivity index (χ2n) is 3.81. The van der Waals surface area contributed by atoms with Gasteiger partial charge in [0.15, 0.2) is 12.1 Å². The summed E-state index contributed by atoms with van der Waals surface area (Å²) < 4.78 is 5.17. The standard InChI is InChI=1S/C9H14N4O5/c14-2-5-6(15)7(16)9(18-5)12-8(13-17)4-1-10-3-11-4/h1,3,5-7,9,14-17H,2H2,(H,10,11)(H,12,13)/t5-,6-,7-,9-/m1/s1. The predicted molar refractivity (Wildman–Crippen MR) is 57.8 cm³/mol. The Labute approximate surface area is 102 Å². The third-order valence-corrected chi connectivity index (χ3v) is 2.66. The first-order valence-electron chi connectivity index (χ1n) is 5.27. The van der Waals surface area contributed by atoms with Crippen LogP contribution in [-0.4, -0.2) is 67.5 Å². The van der Waals surface area contributed by atoms with Crippen LogP contribution in [0.3, 0.4) is 0 Å². The molecule has 9 nitrogen and oxygen atoms in total. The zero-order chi connectivity index (χ0) is 13.1. The number of amidine groups is 1. The number of oxime groups is 1. The van der Waals surface area contributed by atoms with Crippen molar-refractivity contribution in [1.29, 1.82) is 0 Å². The van der Waals surface area contributed by atoms with E-state index in [0.29, 0.717) is 5.69 Å². The molecule has 0 aromatic carbocycles. The summed E-state index contributed by atoms with van der Waals surface area (Å²) in [5.74, 6) is -0.0221. The second kappa shape index (κ2) is 5.31. The normalized spacial score (nSPS) is 32.7. The number of ether oxygens (including phenoxy) is 1. The van der Waals surface area contributed by atoms with Gasteiger partial charge in [0.25, 0.3) is 0 Å². The summed E-state index contributed by atoms with van der Waals surface area (Å²) in [6.45, 7) is -0.426. The summed E-state index contributed by atoms with van der Waals surface area (Å²) in [6, 6.07) is 0. The fourth-order valence-corrected chi connectivity index (χ4v) is 1.70. The second-order valence-corrected chi connectivity index (χ2v) is 3.81. The summed E-state index contributed by atoms with van der Waals surface area (Å²) in [4.78, 5) is 6.53. The third-order valence-electron chi connectivity index (χ3n) is 2.66. The Balaban J connectivity index is 2.06. The monoisotopic (exact) mass is 258 g/mol. The fourth-order valence-electron chi connectivity index (χ4n) is 1.70. The molecule has 0 unspecified atom stereocenters. The molecule has 1 aliphatic rings. The molecule has 2 heterocycles. The van der Waals surface area contributed by atoms with Crippen molar-refractivity contribution in [3.05, 3.63) is 18.2 Å². The van der Waals surface area contributed by atoms with Gasteiger partial charge in [-0.3, -0.25) is 0 Å². The van der Waals surface area contributed by atoms with Gasteiger partial charge < -0.3 is 35.6 Å². The molecule has 1 fully saturated rings. The van der Waals surface area contributed by atoms with E-state index < -0.39 is 31.1 Å². The molecule has 18 heavy (non-hydrogen) atoms. The molecule has 0 saturated carbocycles. The van der Waals surface area contributed by atoms with Crippen molar-refractivity contribution in [2.45, 2.75) is 24.5 Å². The number of aliphatic hydroxyl groups excluding tert-OH is 3. The van der Waals surface area contributed by atoms with Crippen molar-refractivity contribution in [3.63, 3.8) is 0 Å². The predicted octanol–water partition coefficient (Wildman–Crippen LogP) is -2.43. The maximum absolute atomic E-state index is 9.69. The van der Waals surface area contributed by atoms with Crippen LogP contribution in [0.4, 0.5) is 0 Å². The number of nitrogens with one attached hydrogen (secondary N) is 2. The molecule has 100 valence electrons. The smallest absolute Gasteiger partial charge is 0.194 e. The Morgan fingerprint density at radius 2 is 2.28 bits per heavy atom. The van der Waals surface area contributed by atoms with E-state index >= 15 is 0 Å². The summed E-state index contributed by atoms with van der Waals surface area (Å²) in [7, 11) is 0. The molecule has 0 bridgehead atoms. The number of aliphatic hydroxyl groups is 3. The molecule has 1 aromatic rings. The van der Waals surface area contributed by atoms with Crippen molar-refractivity contribution in [1.82, 2.24) is 15.3 Å². The van der Waals surface area contributed by atoms with Crippen molar-refractivity contribution in [2.24, 2.45) is 5.16 Å². The van der Waals surface area contributed by atoms with E-state index in [-0.39, 0.29) is 5.84 Å². The molecule has 6 N–H and O–H groups in total. The molecule has 9 heteroatoms. The molecular weight excluding hydrogens is 244 g/mol. The molecule has 4 atom stereocenters. The quantitative estimate of drug-likeness (QED) is 0.153. The SMILES string of the molecule is OC[C@H]1O[C@@H](NC(=NO)c2c[nH]cn2)[C@H](O)[C@@H]1O. The number of nitrogens with zero attached hydrogens (tertiary/aromatic N) is 2. The Bertz CT molecular complexity index is 409. The molecule has 1 aromatic heterocycles. The molecule has 2 rings (SSSR count). The topological polar surface area (TPSA) is 143 Å². The maximum Gasteiger partial charge on any atom is 0.194 e. The van der Waals surface area contributed by atoms with Crippen molar-refractivity contribution in [3.8, 4) is 0 Å². The molecule has 0 radical (unpaired) electrons. The Kier molecular flexibility index (Phi) is 3.77. The summed E-state index contributed by atoms with van der Waals surface area (Å²) in [5.41, 5.74) is 0.315. The highest BCUT2D eigenvalue weighted by Crippen LogP contribution is 2.19. The van der Waals surface area contributed by atoms with Gasteiger partial charge in [-0.2, -0.15) is 0 Å². The van der Waals surface area contributed by atoms with Crippen LogP contribution in [0.25, 0.3) is 0 Å². The van der Waals surface area contributed by atoms with Crippen molar-refractivity contribution < 1.29 is 25.3 Å². The lowest BCUT2D eigenvalue weighted by molar-refractivity contribution is -0.0264. The Morgan fingerprint density at radius 3 is 2.78 bits per heavy atom. The van der Waals surface area contributed by atoms with Crippen LogP contribution < -0.4 is 5.32 Å². The van der Waals surface area contributed by atoms with E-state index in [1.807, 2.05) is 0 Å². The number of imidazole rings is 1. The van der Waals surface area contributed by atoms with Crippen molar-refractivity contribution in [2.75, 3.05) is 6.61 Å². The molecule has 1 aliphatic heterocycles. The number of rotatable bonds is 3. The van der Waals surface area contributed by atoms with E-state index in [2.05, 4.69) is 20.4 Å². The first-order chi connectivity index (χ1) is 8.67. The minimum atomic E-state index is -1.25. The number of hydrogen-bond acceptors (Lipinski definition) is 7. The van der Waals surface area contributed by atoms with Gasteiger partial charge in [0.2, 0.25) is 0 Å². The molecule has 0 aliphatic carbocycles. The van der Waals surface area contributed by atoms with Crippen molar-refractivity contribution >= 4 is 5.84 Å². The highest BCUT2D eigenvalue weighted by molar-refractivity contribution is 5.96. The highest BCUT2D eigenvalue weighted by atomic mass is 16.6. The minimum absolute atomic E-state index is 0.0221. The number of aromatic amines is 1. The van der Waals surface area contributed by atoms with Crippen LogP contribution in [0.15, 0.2) is 17.7 Å². The van der Waals surface area contributed by atoms with Crippen LogP contribution >= 0.6 is 0 Å². The molecule has 0 amide bonds. The van der Waals surface area contributed by atoms with E-state index in [4.69, 9.17) is 15.1 Å². The first-order valence-corrected chi connectivity index (χ1v) is 5.27. The van der Waals surface area contributed by atoms with Crippen LogP contribution in [-0.2, 0) is 4.74 Å². The van der Waals surface area contributed by atoms with Gasteiger partial charge in [0.05, 0.1) is 12.9 Å². The average molecular weight is 258 g/mol. The molecule has 0 spiro atoms. The number of H-pyrrole nitrogens is 1. The largest absolute Gasteiger partial charge is 0.409 e. The van der Waals surface area contributed by atoms with Gasteiger partial charge in [-0.1, -0.05) is 5.16 Å². The van der Waals surface area contributed by atoms with Crippen LogP contribution in [0.1, 0.15) is 5.69 Å². The lowest BCUT2D eigenvalue weighted by atomic mass is 10.1. The lowest BCUT2D eigenvalue weighted by Crippen LogP contribution is -2.44. The van der Waals surface area contributed by atoms with E-state index in [9.17, 15) is 10.2 Å². The summed E-state index contributed by atoms with van der Waals surface area (Å²) in [6.07, 6.45) is -1.50. The van der Waals surface area contributed by atoms with Gasteiger partial charge in [-0.25, -0.2) is 4.98 Å². The average Bonchev–Trinajstić information content (AvgIpc) is 2.99. The van der Waals surface area contributed by atoms with Gasteiger partial charge in [-0.05, 0) is 0 Å². The van der Waals surface area contributed by atoms with E-state index in [1.54, 1.807) is 0 Å². The zero-order valence-corrected chi connectivity index (χ0v) is 9.26. The number of aromatic nitrogens is 2. The summed E-state index contributed by atoms with van der Waals surface area (Å²) >= 11 is 0. The maximum atomic E-state index is 9.69. The summed E-state index contributed by atoms with van der Waals surface area (Å²) in [5, 5.41) is 42.6. The van der Waals surface area contributed by atoms with Gasteiger partial charge in [-0.15, -0.1) is 0 Å². The fraction of sp³-hybridized carbons (Fsp3) is 0.556. The van der Waals surface area contributed by atoms with Crippen LogP contribution in [0, 0.1) is 0 Å². The molecular formula is C9H14N4O5. The molecule has 1 saturated heterocycles. The van der Waals surface area contributed by atoms with Crippen LogP contribution in [0.2, 0.25) is 0 Å². The highest BCUT2D eigenvalue weighted by Gasteiger charge is 2.42. The van der Waals surface area contributed by atoms with E-state index in [0.717, 1.165) is 0 Å². The third kappa shape index (κ3) is 2.29. The van der Waals surface area contributed by atoms with Gasteiger partial charge in [0, 0.05) is 6.20 Å². The zero-order valence-electron chi connectivity index (χ0n) is 9.26. The Hall–Kier alpha value is -1.68. The minimum Gasteiger partial charge on any atom is -0.409 e. The number of hydrogen-bond donors (Lipinski definition) is 6.